The Hall–Kier alpha value is -1.24. The molecule has 1 unspecified atom stereocenters. The van der Waals surface area contributed by atoms with Gasteiger partial charge < -0.3 is 9.64 Å². The summed E-state index contributed by atoms with van der Waals surface area (Å²) >= 11 is 8.14. The Morgan fingerprint density at radius 1 is 1.39 bits per heavy atom. The van der Waals surface area contributed by atoms with E-state index in [1.165, 1.54) is 11.8 Å². The fourth-order valence-electron chi connectivity index (χ4n) is 2.81. The van der Waals surface area contributed by atoms with Crippen molar-refractivity contribution in [1.82, 2.24) is 9.55 Å². The van der Waals surface area contributed by atoms with Gasteiger partial charge in [0.05, 0.1) is 30.8 Å². The molecule has 124 valence electrons. The molecule has 0 saturated carbocycles. The Balaban J connectivity index is 1.95. The standard InChI is InChI=1S/C16H20ClN3O2S/c1-23-15-18-11-13(19-7-9-22-10-8-19)14(21)20(15)12-16(17)5-3-2-4-6-16/h2-5,11H,6-10,12H2,1H3. The van der Waals surface area contributed by atoms with Gasteiger partial charge in [-0.25, -0.2) is 4.98 Å². The van der Waals surface area contributed by atoms with E-state index in [9.17, 15) is 4.79 Å². The summed E-state index contributed by atoms with van der Waals surface area (Å²) in [7, 11) is 0. The molecule has 1 aliphatic carbocycles. The van der Waals surface area contributed by atoms with Gasteiger partial charge in [0.15, 0.2) is 5.16 Å². The maximum atomic E-state index is 13.0. The largest absolute Gasteiger partial charge is 0.378 e. The summed E-state index contributed by atoms with van der Waals surface area (Å²) in [4.78, 5) is 18.9. The molecule has 0 N–H and O–H groups in total. The minimum Gasteiger partial charge on any atom is -0.378 e. The highest BCUT2D eigenvalue weighted by molar-refractivity contribution is 7.98. The molecule has 5 nitrogen and oxygen atoms in total. The number of alkyl halides is 1. The SMILES string of the molecule is CSc1ncc(N2CCOCC2)c(=O)n1CC1(Cl)C=CC=CC1. The van der Waals surface area contributed by atoms with E-state index in [0.717, 1.165) is 0 Å². The Bertz CT molecular complexity index is 682. The van der Waals surface area contributed by atoms with Crippen LogP contribution in [0, 0.1) is 0 Å². The van der Waals surface area contributed by atoms with Crippen molar-refractivity contribution in [2.45, 2.75) is 23.0 Å². The molecule has 2 aliphatic rings. The van der Waals surface area contributed by atoms with E-state index in [-0.39, 0.29) is 5.56 Å². The molecule has 0 bridgehead atoms. The Kier molecular flexibility index (Phi) is 5.14. The van der Waals surface area contributed by atoms with Crippen molar-refractivity contribution >= 4 is 29.1 Å². The van der Waals surface area contributed by atoms with E-state index in [1.807, 2.05) is 35.5 Å². The number of hydrogen-bond donors (Lipinski definition) is 0. The fraction of sp³-hybridized carbons (Fsp3) is 0.500. The molecule has 23 heavy (non-hydrogen) atoms. The van der Waals surface area contributed by atoms with Gasteiger partial charge in [0.2, 0.25) is 0 Å². The molecule has 0 aromatic carbocycles. The Morgan fingerprint density at radius 2 is 2.17 bits per heavy atom. The lowest BCUT2D eigenvalue weighted by molar-refractivity contribution is 0.122. The molecular formula is C16H20ClN3O2S. The number of halogens is 1. The number of aromatic nitrogens is 2. The van der Waals surface area contributed by atoms with Gasteiger partial charge in [-0.15, -0.1) is 11.6 Å². The predicted molar refractivity (Wildman–Crippen MR) is 94.8 cm³/mol. The molecule has 1 atom stereocenters. The quantitative estimate of drug-likeness (QED) is 0.472. The van der Waals surface area contributed by atoms with Gasteiger partial charge in [-0.3, -0.25) is 9.36 Å². The second kappa shape index (κ2) is 7.11. The number of allylic oxidation sites excluding steroid dienone is 4. The van der Waals surface area contributed by atoms with Crippen LogP contribution in [0.4, 0.5) is 5.69 Å². The number of thioether (sulfide) groups is 1. The van der Waals surface area contributed by atoms with E-state index in [0.29, 0.717) is 50.1 Å². The third kappa shape index (κ3) is 3.65. The van der Waals surface area contributed by atoms with Crippen LogP contribution in [0.15, 0.2) is 40.5 Å². The molecular weight excluding hydrogens is 334 g/mol. The number of morpholine rings is 1. The fourth-order valence-corrected chi connectivity index (χ4v) is 3.62. The van der Waals surface area contributed by atoms with E-state index in [1.54, 1.807) is 10.8 Å². The van der Waals surface area contributed by atoms with Crippen LogP contribution in [0.5, 0.6) is 0 Å². The van der Waals surface area contributed by atoms with Gasteiger partial charge >= 0.3 is 0 Å². The van der Waals surface area contributed by atoms with E-state index in [2.05, 4.69) is 4.98 Å². The first kappa shape index (κ1) is 16.6. The van der Waals surface area contributed by atoms with Crippen molar-refractivity contribution in [2.75, 3.05) is 37.5 Å². The first-order valence-electron chi connectivity index (χ1n) is 7.63. The Morgan fingerprint density at radius 3 is 2.83 bits per heavy atom. The van der Waals surface area contributed by atoms with Gasteiger partial charge in [0.1, 0.15) is 5.69 Å². The molecule has 0 amide bonds. The zero-order valence-electron chi connectivity index (χ0n) is 13.1. The molecule has 1 aliphatic heterocycles. The van der Waals surface area contributed by atoms with Crippen molar-refractivity contribution in [1.29, 1.82) is 0 Å². The molecule has 2 heterocycles. The highest BCUT2D eigenvalue weighted by atomic mass is 35.5. The number of ether oxygens (including phenoxy) is 1. The number of anilines is 1. The van der Waals surface area contributed by atoms with Crippen LogP contribution in [0.1, 0.15) is 6.42 Å². The molecule has 0 spiro atoms. The van der Waals surface area contributed by atoms with Crippen LogP contribution < -0.4 is 10.5 Å². The maximum Gasteiger partial charge on any atom is 0.277 e. The van der Waals surface area contributed by atoms with Gasteiger partial charge in [0, 0.05) is 13.1 Å². The minimum atomic E-state index is -0.575. The number of rotatable bonds is 4. The van der Waals surface area contributed by atoms with Crippen LogP contribution in [-0.4, -0.2) is 47.0 Å². The summed E-state index contributed by atoms with van der Waals surface area (Å²) in [6.45, 7) is 3.11. The summed E-state index contributed by atoms with van der Waals surface area (Å²) in [5.74, 6) is 0. The minimum absolute atomic E-state index is 0.0331. The molecule has 7 heteroatoms. The first-order chi connectivity index (χ1) is 11.1. The number of nitrogens with zero attached hydrogens (tertiary/aromatic N) is 3. The van der Waals surface area contributed by atoms with Gasteiger partial charge in [-0.05, 0) is 12.7 Å². The number of hydrogen-bond acceptors (Lipinski definition) is 5. The zero-order valence-corrected chi connectivity index (χ0v) is 14.6. The summed E-state index contributed by atoms with van der Waals surface area (Å²) in [6.07, 6.45) is 12.2. The molecule has 0 radical (unpaired) electrons. The zero-order chi connectivity index (χ0) is 16.3. The Labute approximate surface area is 145 Å². The molecule has 1 saturated heterocycles. The maximum absolute atomic E-state index is 13.0. The van der Waals surface area contributed by atoms with Gasteiger partial charge in [-0.2, -0.15) is 0 Å². The molecule has 1 fully saturated rings. The first-order valence-corrected chi connectivity index (χ1v) is 9.23. The van der Waals surface area contributed by atoms with E-state index >= 15 is 0 Å². The van der Waals surface area contributed by atoms with Crippen molar-refractivity contribution in [3.05, 3.63) is 40.9 Å². The summed E-state index contributed by atoms with van der Waals surface area (Å²) < 4.78 is 7.06. The van der Waals surface area contributed by atoms with Crippen molar-refractivity contribution in [3.63, 3.8) is 0 Å². The van der Waals surface area contributed by atoms with Crippen LogP contribution >= 0.6 is 23.4 Å². The summed E-state index contributed by atoms with van der Waals surface area (Å²) in [6, 6.07) is 0. The van der Waals surface area contributed by atoms with Crippen molar-refractivity contribution < 1.29 is 4.74 Å². The molecule has 3 rings (SSSR count). The van der Waals surface area contributed by atoms with Crippen LogP contribution in [0.25, 0.3) is 0 Å². The average Bonchev–Trinajstić information content (AvgIpc) is 2.58. The third-order valence-electron chi connectivity index (χ3n) is 4.05. The second-order valence-electron chi connectivity index (χ2n) is 5.65. The summed E-state index contributed by atoms with van der Waals surface area (Å²) in [5, 5.41) is 0.690. The highest BCUT2D eigenvalue weighted by Crippen LogP contribution is 2.28. The van der Waals surface area contributed by atoms with E-state index in [4.69, 9.17) is 16.3 Å². The predicted octanol–water partition coefficient (Wildman–Crippen LogP) is 2.30. The van der Waals surface area contributed by atoms with Crippen molar-refractivity contribution in [3.8, 4) is 0 Å². The molecule has 1 aromatic heterocycles. The monoisotopic (exact) mass is 353 g/mol. The van der Waals surface area contributed by atoms with Crippen LogP contribution in [0.3, 0.4) is 0 Å². The lowest BCUT2D eigenvalue weighted by Crippen LogP contribution is -2.42. The normalized spacial score (nSPS) is 24.2. The second-order valence-corrected chi connectivity index (χ2v) is 7.17. The lowest BCUT2D eigenvalue weighted by Gasteiger charge is -2.30. The highest BCUT2D eigenvalue weighted by Gasteiger charge is 2.28. The van der Waals surface area contributed by atoms with E-state index < -0.39 is 4.87 Å². The third-order valence-corrected chi connectivity index (χ3v) is 5.14. The van der Waals surface area contributed by atoms with Gasteiger partial charge in [0.25, 0.3) is 5.56 Å². The average molecular weight is 354 g/mol. The van der Waals surface area contributed by atoms with Crippen LogP contribution in [0.2, 0.25) is 0 Å². The van der Waals surface area contributed by atoms with Crippen LogP contribution in [-0.2, 0) is 11.3 Å². The summed E-state index contributed by atoms with van der Waals surface area (Å²) in [5.41, 5.74) is 0.593. The van der Waals surface area contributed by atoms with Crippen molar-refractivity contribution in [2.24, 2.45) is 0 Å². The topological polar surface area (TPSA) is 47.4 Å². The van der Waals surface area contributed by atoms with Gasteiger partial charge in [-0.1, -0.05) is 36.1 Å². The molecule has 1 aromatic rings. The smallest absolute Gasteiger partial charge is 0.277 e. The lowest BCUT2D eigenvalue weighted by atomic mass is 10.00.